The zero-order valence-corrected chi connectivity index (χ0v) is 12.2. The van der Waals surface area contributed by atoms with Gasteiger partial charge in [0.25, 0.3) is 0 Å². The minimum atomic E-state index is -0.522. The van der Waals surface area contributed by atoms with Crippen LogP contribution in [-0.4, -0.2) is 41.8 Å². The highest BCUT2D eigenvalue weighted by atomic mass is 16.6. The number of alkyl carbamates (subject to hydrolysis) is 1. The van der Waals surface area contributed by atoms with E-state index >= 15 is 0 Å². The van der Waals surface area contributed by atoms with Gasteiger partial charge in [-0.2, -0.15) is 0 Å². The molecule has 0 aliphatic carbocycles. The van der Waals surface area contributed by atoms with E-state index < -0.39 is 17.7 Å². The van der Waals surface area contributed by atoms with Gasteiger partial charge in [0.15, 0.2) is 0 Å². The van der Waals surface area contributed by atoms with Crippen LogP contribution < -0.4 is 11.1 Å². The van der Waals surface area contributed by atoms with E-state index in [-0.39, 0.29) is 6.04 Å². The third kappa shape index (κ3) is 5.36. The number of primary amides is 1. The van der Waals surface area contributed by atoms with Crippen LogP contribution in [-0.2, 0) is 4.74 Å². The topological polar surface area (TPSA) is 84.7 Å². The third-order valence-corrected chi connectivity index (χ3v) is 3.15. The molecular weight excluding hydrogens is 246 g/mol. The van der Waals surface area contributed by atoms with E-state index in [0.29, 0.717) is 19.0 Å². The zero-order valence-electron chi connectivity index (χ0n) is 12.2. The number of ether oxygens (including phenoxy) is 1. The Morgan fingerprint density at radius 3 is 2.47 bits per heavy atom. The van der Waals surface area contributed by atoms with Crippen molar-refractivity contribution in [3.05, 3.63) is 0 Å². The summed E-state index contributed by atoms with van der Waals surface area (Å²) in [5, 5.41) is 2.81. The highest BCUT2D eigenvalue weighted by Gasteiger charge is 2.30. The number of nitrogens with two attached hydrogens (primary N) is 1. The monoisotopic (exact) mass is 271 g/mol. The molecule has 6 heteroatoms. The molecular formula is C13H25N3O3. The summed E-state index contributed by atoms with van der Waals surface area (Å²) in [7, 11) is 0. The Bertz CT molecular complexity index is 339. The van der Waals surface area contributed by atoms with Gasteiger partial charge in [-0.1, -0.05) is 13.3 Å². The van der Waals surface area contributed by atoms with Crippen molar-refractivity contribution in [1.29, 1.82) is 0 Å². The zero-order chi connectivity index (χ0) is 14.6. The van der Waals surface area contributed by atoms with Gasteiger partial charge in [-0.15, -0.1) is 0 Å². The molecule has 2 unspecified atom stereocenters. The van der Waals surface area contributed by atoms with Crippen molar-refractivity contribution in [2.45, 2.75) is 52.2 Å². The first-order valence-corrected chi connectivity index (χ1v) is 6.75. The maximum absolute atomic E-state index is 11.7. The van der Waals surface area contributed by atoms with Crippen molar-refractivity contribution in [2.24, 2.45) is 11.7 Å². The second-order valence-corrected chi connectivity index (χ2v) is 6.10. The van der Waals surface area contributed by atoms with Crippen LogP contribution in [0.25, 0.3) is 0 Å². The Morgan fingerprint density at radius 1 is 1.37 bits per heavy atom. The van der Waals surface area contributed by atoms with Gasteiger partial charge in [-0.25, -0.2) is 9.59 Å². The smallest absolute Gasteiger partial charge is 0.407 e. The Labute approximate surface area is 114 Å². The fourth-order valence-electron chi connectivity index (χ4n) is 2.26. The van der Waals surface area contributed by atoms with Crippen molar-refractivity contribution in [1.82, 2.24) is 10.2 Å². The molecule has 0 bridgehead atoms. The summed E-state index contributed by atoms with van der Waals surface area (Å²) in [5.41, 5.74) is 4.80. The molecule has 0 saturated carbocycles. The van der Waals surface area contributed by atoms with E-state index in [1.54, 1.807) is 4.90 Å². The van der Waals surface area contributed by atoms with E-state index in [1.807, 2.05) is 20.8 Å². The van der Waals surface area contributed by atoms with E-state index in [9.17, 15) is 9.59 Å². The molecule has 110 valence electrons. The number of piperidine rings is 1. The number of nitrogens with zero attached hydrogens (tertiary/aromatic N) is 1. The molecule has 6 nitrogen and oxygen atoms in total. The van der Waals surface area contributed by atoms with Gasteiger partial charge >= 0.3 is 12.1 Å². The molecule has 0 aromatic carbocycles. The van der Waals surface area contributed by atoms with Gasteiger partial charge in [-0.3, -0.25) is 0 Å². The van der Waals surface area contributed by atoms with Gasteiger partial charge in [0.1, 0.15) is 5.60 Å². The van der Waals surface area contributed by atoms with Gasteiger partial charge in [-0.05, 0) is 33.1 Å². The fraction of sp³-hybridized carbons (Fsp3) is 0.846. The number of hydrogen-bond donors (Lipinski definition) is 2. The quantitative estimate of drug-likeness (QED) is 0.801. The molecule has 1 heterocycles. The standard InChI is InChI=1S/C13H25N3O3/c1-5-9-6-10(8-16(7-9)11(14)17)15-12(18)19-13(2,3)4/h9-10H,5-8H2,1-4H3,(H2,14,17)(H,15,18). The van der Waals surface area contributed by atoms with E-state index in [2.05, 4.69) is 12.2 Å². The molecule has 2 atom stereocenters. The maximum atomic E-state index is 11.7. The molecule has 1 aliphatic heterocycles. The largest absolute Gasteiger partial charge is 0.444 e. The Balaban J connectivity index is 2.56. The number of likely N-dealkylation sites (tertiary alicyclic amines) is 1. The van der Waals surface area contributed by atoms with Crippen LogP contribution in [0.3, 0.4) is 0 Å². The number of nitrogens with one attached hydrogen (secondary N) is 1. The van der Waals surface area contributed by atoms with Gasteiger partial charge in [0, 0.05) is 13.1 Å². The van der Waals surface area contributed by atoms with Crippen LogP contribution >= 0.6 is 0 Å². The average molecular weight is 271 g/mol. The van der Waals surface area contributed by atoms with E-state index in [1.165, 1.54) is 0 Å². The SMILES string of the molecule is CCC1CC(NC(=O)OC(C)(C)C)CN(C(N)=O)C1. The number of urea groups is 1. The molecule has 3 amide bonds. The average Bonchev–Trinajstić information content (AvgIpc) is 2.25. The Hall–Kier alpha value is -1.46. The molecule has 0 spiro atoms. The molecule has 0 aromatic rings. The lowest BCUT2D eigenvalue weighted by Crippen LogP contribution is -2.54. The normalized spacial score (nSPS) is 23.9. The molecule has 19 heavy (non-hydrogen) atoms. The first-order valence-electron chi connectivity index (χ1n) is 6.75. The molecule has 1 saturated heterocycles. The van der Waals surface area contributed by atoms with Gasteiger partial charge in [0.05, 0.1) is 6.04 Å². The predicted octanol–water partition coefficient (Wildman–Crippen LogP) is 1.69. The molecule has 0 radical (unpaired) electrons. The molecule has 1 aliphatic rings. The van der Waals surface area contributed by atoms with Crippen LogP contribution in [0.5, 0.6) is 0 Å². The van der Waals surface area contributed by atoms with Crippen LogP contribution in [0.2, 0.25) is 0 Å². The lowest BCUT2D eigenvalue weighted by atomic mass is 9.92. The molecule has 3 N–H and O–H groups in total. The molecule has 0 aromatic heterocycles. The third-order valence-electron chi connectivity index (χ3n) is 3.15. The highest BCUT2D eigenvalue weighted by molar-refractivity contribution is 5.72. The number of hydrogen-bond acceptors (Lipinski definition) is 3. The lowest BCUT2D eigenvalue weighted by molar-refractivity contribution is 0.0462. The van der Waals surface area contributed by atoms with E-state index in [0.717, 1.165) is 12.8 Å². The van der Waals surface area contributed by atoms with Crippen molar-refractivity contribution < 1.29 is 14.3 Å². The predicted molar refractivity (Wildman–Crippen MR) is 72.7 cm³/mol. The summed E-state index contributed by atoms with van der Waals surface area (Å²) in [6.07, 6.45) is 1.36. The second-order valence-electron chi connectivity index (χ2n) is 6.10. The van der Waals surface area contributed by atoms with Crippen molar-refractivity contribution >= 4 is 12.1 Å². The summed E-state index contributed by atoms with van der Waals surface area (Å²) in [6.45, 7) is 8.64. The summed E-state index contributed by atoms with van der Waals surface area (Å²) >= 11 is 0. The first-order chi connectivity index (χ1) is 8.71. The summed E-state index contributed by atoms with van der Waals surface area (Å²) in [4.78, 5) is 24.6. The van der Waals surface area contributed by atoms with Crippen LogP contribution in [0.4, 0.5) is 9.59 Å². The number of amides is 3. The number of carbonyl (C=O) groups is 2. The Morgan fingerprint density at radius 2 is 2.00 bits per heavy atom. The van der Waals surface area contributed by atoms with Gasteiger partial charge in [0.2, 0.25) is 0 Å². The van der Waals surface area contributed by atoms with Gasteiger partial charge < -0.3 is 20.7 Å². The minimum Gasteiger partial charge on any atom is -0.444 e. The Kier molecular flexibility index (Phi) is 5.03. The highest BCUT2D eigenvalue weighted by Crippen LogP contribution is 2.20. The minimum absolute atomic E-state index is 0.0963. The van der Waals surface area contributed by atoms with Crippen molar-refractivity contribution in [3.8, 4) is 0 Å². The maximum Gasteiger partial charge on any atom is 0.407 e. The number of carbonyl (C=O) groups excluding carboxylic acids is 2. The van der Waals surface area contributed by atoms with Crippen LogP contribution in [0, 0.1) is 5.92 Å². The summed E-state index contributed by atoms with van der Waals surface area (Å²) < 4.78 is 5.22. The van der Waals surface area contributed by atoms with E-state index in [4.69, 9.17) is 10.5 Å². The van der Waals surface area contributed by atoms with Crippen LogP contribution in [0.15, 0.2) is 0 Å². The lowest BCUT2D eigenvalue weighted by Gasteiger charge is -2.37. The molecule has 1 fully saturated rings. The van der Waals surface area contributed by atoms with Crippen molar-refractivity contribution in [2.75, 3.05) is 13.1 Å². The summed E-state index contributed by atoms with van der Waals surface area (Å²) in [6, 6.07) is -0.532. The second kappa shape index (κ2) is 6.12. The first kappa shape index (κ1) is 15.6. The summed E-state index contributed by atoms with van der Waals surface area (Å²) in [5.74, 6) is 0.362. The fourth-order valence-corrected chi connectivity index (χ4v) is 2.26. The molecule has 1 rings (SSSR count). The number of rotatable bonds is 2. The van der Waals surface area contributed by atoms with Crippen LogP contribution in [0.1, 0.15) is 40.5 Å². The van der Waals surface area contributed by atoms with Crippen molar-refractivity contribution in [3.63, 3.8) is 0 Å².